The third-order valence-corrected chi connectivity index (χ3v) is 4.81. The Labute approximate surface area is 148 Å². The second-order valence-electron chi connectivity index (χ2n) is 6.69. The van der Waals surface area contributed by atoms with Crippen LogP contribution in [0.3, 0.4) is 0 Å². The molecule has 1 unspecified atom stereocenters. The molecule has 0 spiro atoms. The van der Waals surface area contributed by atoms with E-state index in [1.165, 1.54) is 0 Å². The summed E-state index contributed by atoms with van der Waals surface area (Å²) in [5, 5.41) is 5.24. The summed E-state index contributed by atoms with van der Waals surface area (Å²) in [6.07, 6.45) is 0.0685. The van der Waals surface area contributed by atoms with E-state index in [1.807, 2.05) is 37.3 Å². The lowest BCUT2D eigenvalue weighted by molar-refractivity contribution is -0.123. The fraction of sp³-hybridized carbons (Fsp3) is 0.450. The molecular weight excluding hydrogens is 316 g/mol. The minimum absolute atomic E-state index is 0.0321. The van der Waals surface area contributed by atoms with Crippen molar-refractivity contribution in [3.63, 3.8) is 0 Å². The topological polar surface area (TPSA) is 50.8 Å². The lowest BCUT2D eigenvalue weighted by Crippen LogP contribution is -2.46. The third kappa shape index (κ3) is 4.30. The Morgan fingerprint density at radius 2 is 2.08 bits per heavy atom. The number of amides is 1. The van der Waals surface area contributed by atoms with Crippen molar-refractivity contribution in [3.05, 3.63) is 42.0 Å². The van der Waals surface area contributed by atoms with Crippen LogP contribution in [0.2, 0.25) is 0 Å². The first-order valence-corrected chi connectivity index (χ1v) is 8.72. The predicted octanol–water partition coefficient (Wildman–Crippen LogP) is 2.40. The van der Waals surface area contributed by atoms with E-state index in [0.29, 0.717) is 6.54 Å². The Balaban J connectivity index is 1.64. The van der Waals surface area contributed by atoms with E-state index in [-0.39, 0.29) is 17.9 Å². The zero-order valence-electron chi connectivity index (χ0n) is 15.1. The van der Waals surface area contributed by atoms with Gasteiger partial charge in [-0.3, -0.25) is 4.79 Å². The second-order valence-corrected chi connectivity index (χ2v) is 6.69. The van der Waals surface area contributed by atoms with Gasteiger partial charge in [-0.15, -0.1) is 0 Å². The van der Waals surface area contributed by atoms with Gasteiger partial charge in [0.1, 0.15) is 5.75 Å². The van der Waals surface area contributed by atoms with Crippen molar-refractivity contribution in [2.45, 2.75) is 18.9 Å². The smallest absolute Gasteiger partial charge is 0.227 e. The van der Waals surface area contributed by atoms with Gasteiger partial charge in [0, 0.05) is 19.6 Å². The number of fused-ring (bicyclic) bond motifs is 1. The molecule has 2 atom stereocenters. The van der Waals surface area contributed by atoms with Gasteiger partial charge in [0.2, 0.25) is 5.91 Å². The van der Waals surface area contributed by atoms with E-state index in [9.17, 15) is 4.79 Å². The molecule has 25 heavy (non-hydrogen) atoms. The van der Waals surface area contributed by atoms with Crippen LogP contribution in [0.25, 0.3) is 10.8 Å². The maximum Gasteiger partial charge on any atom is 0.227 e. The highest BCUT2D eigenvalue weighted by Gasteiger charge is 2.21. The van der Waals surface area contributed by atoms with Crippen LogP contribution in [-0.2, 0) is 9.53 Å². The third-order valence-electron chi connectivity index (χ3n) is 4.81. The summed E-state index contributed by atoms with van der Waals surface area (Å²) in [6, 6.07) is 12.1. The molecule has 2 aromatic carbocycles. The van der Waals surface area contributed by atoms with Gasteiger partial charge in [0.05, 0.1) is 25.7 Å². The minimum atomic E-state index is -0.201. The Kier molecular flexibility index (Phi) is 5.56. The van der Waals surface area contributed by atoms with E-state index in [4.69, 9.17) is 9.47 Å². The molecule has 0 aromatic heterocycles. The van der Waals surface area contributed by atoms with Gasteiger partial charge < -0.3 is 19.7 Å². The molecule has 5 heteroatoms. The first-order valence-electron chi connectivity index (χ1n) is 8.72. The quantitative estimate of drug-likeness (QED) is 0.907. The normalized spacial score (nSPS) is 19.6. The average molecular weight is 342 g/mol. The van der Waals surface area contributed by atoms with Crippen molar-refractivity contribution in [1.29, 1.82) is 0 Å². The molecule has 3 rings (SSSR count). The summed E-state index contributed by atoms with van der Waals surface area (Å²) in [5.41, 5.74) is 1.01. The molecule has 1 saturated heterocycles. The zero-order valence-corrected chi connectivity index (χ0v) is 15.1. The highest BCUT2D eigenvalue weighted by Crippen LogP contribution is 2.25. The molecule has 1 aliphatic rings. The van der Waals surface area contributed by atoms with Gasteiger partial charge in [-0.25, -0.2) is 0 Å². The van der Waals surface area contributed by atoms with Crippen LogP contribution < -0.4 is 10.1 Å². The van der Waals surface area contributed by atoms with Crippen molar-refractivity contribution in [2.24, 2.45) is 0 Å². The molecule has 2 aromatic rings. The lowest BCUT2D eigenvalue weighted by Gasteiger charge is -2.30. The molecule has 134 valence electrons. The fourth-order valence-electron chi connectivity index (χ4n) is 3.15. The Morgan fingerprint density at radius 1 is 1.32 bits per heavy atom. The number of benzene rings is 2. The molecule has 0 aliphatic carbocycles. The van der Waals surface area contributed by atoms with Crippen LogP contribution in [-0.4, -0.2) is 57.3 Å². The zero-order chi connectivity index (χ0) is 17.8. The number of carbonyl (C=O) groups is 1. The van der Waals surface area contributed by atoms with Crippen molar-refractivity contribution >= 4 is 16.7 Å². The Morgan fingerprint density at radius 3 is 2.84 bits per heavy atom. The van der Waals surface area contributed by atoms with Crippen molar-refractivity contribution in [2.75, 3.05) is 40.4 Å². The number of hydrogen-bond donors (Lipinski definition) is 1. The van der Waals surface area contributed by atoms with E-state index < -0.39 is 0 Å². The van der Waals surface area contributed by atoms with Gasteiger partial charge in [0.15, 0.2) is 0 Å². The predicted molar refractivity (Wildman–Crippen MR) is 99.2 cm³/mol. The highest BCUT2D eigenvalue weighted by atomic mass is 16.5. The maximum absolute atomic E-state index is 12.5. The average Bonchev–Trinajstić information content (AvgIpc) is 2.64. The largest absolute Gasteiger partial charge is 0.497 e. The molecular formula is C20H26N2O3. The van der Waals surface area contributed by atoms with Crippen molar-refractivity contribution in [1.82, 2.24) is 10.2 Å². The fourth-order valence-corrected chi connectivity index (χ4v) is 3.15. The molecule has 5 nitrogen and oxygen atoms in total. The van der Waals surface area contributed by atoms with Crippen molar-refractivity contribution in [3.8, 4) is 5.75 Å². The lowest BCUT2D eigenvalue weighted by atomic mass is 9.97. The van der Waals surface area contributed by atoms with Crippen LogP contribution in [0.5, 0.6) is 5.75 Å². The van der Waals surface area contributed by atoms with Gasteiger partial charge >= 0.3 is 0 Å². The first kappa shape index (κ1) is 17.7. The number of ether oxygens (including phenoxy) is 2. The first-order chi connectivity index (χ1) is 12.1. The number of nitrogens with zero attached hydrogens (tertiary/aromatic N) is 1. The Hall–Kier alpha value is -2.11. The van der Waals surface area contributed by atoms with Crippen LogP contribution in [0.15, 0.2) is 36.4 Å². The number of rotatable bonds is 5. The molecule has 0 radical (unpaired) electrons. The summed E-state index contributed by atoms with van der Waals surface area (Å²) in [7, 11) is 3.74. The van der Waals surface area contributed by atoms with Crippen molar-refractivity contribution < 1.29 is 14.3 Å². The van der Waals surface area contributed by atoms with Crippen LogP contribution >= 0.6 is 0 Å². The number of morpholine rings is 1. The summed E-state index contributed by atoms with van der Waals surface area (Å²) < 4.78 is 11.0. The molecule has 1 fully saturated rings. The molecule has 1 heterocycles. The maximum atomic E-state index is 12.5. The Bertz CT molecular complexity index is 747. The van der Waals surface area contributed by atoms with E-state index in [0.717, 1.165) is 41.8 Å². The number of nitrogens with one attached hydrogen (secondary N) is 1. The van der Waals surface area contributed by atoms with Gasteiger partial charge in [-0.2, -0.15) is 0 Å². The van der Waals surface area contributed by atoms with Gasteiger partial charge in [0.25, 0.3) is 0 Å². The second kappa shape index (κ2) is 7.85. The summed E-state index contributed by atoms with van der Waals surface area (Å²) in [5.74, 6) is 0.668. The van der Waals surface area contributed by atoms with E-state index in [1.54, 1.807) is 7.11 Å². The summed E-state index contributed by atoms with van der Waals surface area (Å²) in [4.78, 5) is 14.7. The SMILES string of the molecule is COc1ccc2cc([C@H](C)C(=O)NCC3CN(C)CCO3)ccc2c1. The number of methoxy groups -OCH3 is 1. The van der Waals surface area contributed by atoms with E-state index in [2.05, 4.69) is 23.3 Å². The number of hydrogen-bond acceptors (Lipinski definition) is 4. The monoisotopic (exact) mass is 342 g/mol. The summed E-state index contributed by atoms with van der Waals surface area (Å²) in [6.45, 7) is 5.02. The molecule has 1 aliphatic heterocycles. The standard InChI is InChI=1S/C20H26N2O3/c1-14(20(23)21-12-19-13-22(2)8-9-25-19)15-4-5-17-11-18(24-3)7-6-16(17)10-15/h4-7,10-11,14,19H,8-9,12-13H2,1-3H3,(H,21,23)/t14-,19?/m0/s1. The van der Waals surface area contributed by atoms with Crippen LogP contribution in [0.1, 0.15) is 18.4 Å². The highest BCUT2D eigenvalue weighted by molar-refractivity contribution is 5.88. The minimum Gasteiger partial charge on any atom is -0.497 e. The number of likely N-dealkylation sites (N-methyl/N-ethyl adjacent to an activating group) is 1. The van der Waals surface area contributed by atoms with E-state index >= 15 is 0 Å². The van der Waals surface area contributed by atoms with Gasteiger partial charge in [-0.1, -0.05) is 24.3 Å². The van der Waals surface area contributed by atoms with Crippen LogP contribution in [0.4, 0.5) is 0 Å². The molecule has 0 saturated carbocycles. The molecule has 1 N–H and O–H groups in total. The molecule has 0 bridgehead atoms. The molecule has 1 amide bonds. The number of carbonyl (C=O) groups excluding carboxylic acids is 1. The summed E-state index contributed by atoms with van der Waals surface area (Å²) >= 11 is 0. The van der Waals surface area contributed by atoms with Gasteiger partial charge in [-0.05, 0) is 42.4 Å². The van der Waals surface area contributed by atoms with Crippen LogP contribution in [0, 0.1) is 0 Å².